The van der Waals surface area contributed by atoms with Crippen molar-refractivity contribution < 1.29 is 8.98 Å². The van der Waals surface area contributed by atoms with Crippen LogP contribution in [0.15, 0.2) is 41.4 Å². The van der Waals surface area contributed by atoms with Crippen LogP contribution in [0.2, 0.25) is 18.1 Å². The normalized spacial score (nSPS) is 13.8. The van der Waals surface area contributed by atoms with Gasteiger partial charge >= 0.3 is 0 Å². The number of benzene rings is 1. The Morgan fingerprint density at radius 3 is 2.46 bits per heavy atom. The van der Waals surface area contributed by atoms with Crippen molar-refractivity contribution in [1.82, 2.24) is 9.97 Å². The minimum absolute atomic E-state index is 0.161. The molecule has 0 aliphatic rings. The number of aromatic nitrogens is 2. The molecular weight excluding hydrogens is 336 g/mol. The van der Waals surface area contributed by atoms with Crippen LogP contribution in [0.25, 0.3) is 11.4 Å². The van der Waals surface area contributed by atoms with Gasteiger partial charge in [0.05, 0.1) is 17.9 Å². The largest absolute Gasteiger partial charge is 0.612 e. The van der Waals surface area contributed by atoms with Gasteiger partial charge in [-0.15, -0.1) is 0 Å². The van der Waals surface area contributed by atoms with Crippen LogP contribution in [0.4, 0.5) is 0 Å². The van der Waals surface area contributed by atoms with Gasteiger partial charge in [-0.2, -0.15) is 0 Å². The predicted molar refractivity (Wildman–Crippen MR) is 102 cm³/mol. The first-order valence-corrected chi connectivity index (χ1v) is 12.5. The third-order valence-electron chi connectivity index (χ3n) is 4.54. The van der Waals surface area contributed by atoms with Crippen molar-refractivity contribution in [2.24, 2.45) is 0 Å². The molecule has 0 aliphatic carbocycles. The lowest BCUT2D eigenvalue weighted by atomic mass is 10.2. The average molecular weight is 363 g/mol. The zero-order valence-electron chi connectivity index (χ0n) is 15.3. The van der Waals surface area contributed by atoms with Crippen LogP contribution in [-0.2, 0) is 22.2 Å². The van der Waals surface area contributed by atoms with E-state index in [2.05, 4.69) is 43.8 Å². The average Bonchev–Trinajstić information content (AvgIpc) is 2.52. The molecule has 1 aromatic heterocycles. The molecule has 2 rings (SSSR count). The van der Waals surface area contributed by atoms with Crippen LogP contribution in [0.1, 0.15) is 26.5 Å². The monoisotopic (exact) mass is 362 g/mol. The van der Waals surface area contributed by atoms with Gasteiger partial charge in [0.2, 0.25) is 0 Å². The minimum Gasteiger partial charge on any atom is -0.612 e. The van der Waals surface area contributed by atoms with E-state index >= 15 is 0 Å². The highest BCUT2D eigenvalue weighted by molar-refractivity contribution is 7.90. The van der Waals surface area contributed by atoms with E-state index in [9.17, 15) is 4.55 Å². The predicted octanol–water partition coefficient (Wildman–Crippen LogP) is 4.40. The van der Waals surface area contributed by atoms with Crippen molar-refractivity contribution in [2.75, 3.05) is 6.26 Å². The fraction of sp³-hybridized carbons (Fsp3) is 0.444. The zero-order valence-corrected chi connectivity index (χ0v) is 17.1. The smallest absolute Gasteiger partial charge is 0.192 e. The SMILES string of the molecule is C[S+]([O-])c1ccccc1-c1nccc(CO[Si](C)(C)C(C)(C)C)n1. The standard InChI is InChI=1S/C18H26N2O2SSi/c1-18(2,3)24(5,6)22-13-14-11-12-19-17(20-14)15-9-7-8-10-16(15)23(4)21/h7-12H,13H2,1-6H3. The number of rotatable bonds is 5. The Kier molecular flexibility index (Phi) is 5.85. The van der Waals surface area contributed by atoms with E-state index in [4.69, 9.17) is 4.43 Å². The molecule has 0 spiro atoms. The summed E-state index contributed by atoms with van der Waals surface area (Å²) in [6.45, 7) is 11.6. The van der Waals surface area contributed by atoms with Crippen LogP contribution >= 0.6 is 0 Å². The summed E-state index contributed by atoms with van der Waals surface area (Å²) in [4.78, 5) is 9.73. The summed E-state index contributed by atoms with van der Waals surface area (Å²) in [6, 6.07) is 9.43. The van der Waals surface area contributed by atoms with Crippen LogP contribution in [0, 0.1) is 0 Å². The molecule has 0 aliphatic heterocycles. The Balaban J connectivity index is 2.25. The molecule has 1 aromatic carbocycles. The summed E-state index contributed by atoms with van der Waals surface area (Å²) in [6.07, 6.45) is 3.41. The van der Waals surface area contributed by atoms with Crippen molar-refractivity contribution >= 4 is 19.5 Å². The van der Waals surface area contributed by atoms with Crippen LogP contribution < -0.4 is 0 Å². The Labute approximate surface area is 149 Å². The van der Waals surface area contributed by atoms with Gasteiger partial charge in [0, 0.05) is 6.20 Å². The van der Waals surface area contributed by atoms with Gasteiger partial charge in [0.15, 0.2) is 19.0 Å². The Hall–Kier alpha value is -1.21. The molecule has 24 heavy (non-hydrogen) atoms. The summed E-state index contributed by atoms with van der Waals surface area (Å²) in [5.41, 5.74) is 1.66. The van der Waals surface area contributed by atoms with Crippen LogP contribution in [0.3, 0.4) is 0 Å². The molecule has 0 saturated heterocycles. The van der Waals surface area contributed by atoms with Crippen molar-refractivity contribution in [3.8, 4) is 11.4 Å². The van der Waals surface area contributed by atoms with Gasteiger partial charge in [-0.3, -0.25) is 0 Å². The summed E-state index contributed by atoms with van der Waals surface area (Å²) < 4.78 is 18.2. The first-order valence-electron chi connectivity index (χ1n) is 8.00. The molecule has 4 nitrogen and oxygen atoms in total. The van der Waals surface area contributed by atoms with Crippen molar-refractivity contribution in [1.29, 1.82) is 0 Å². The lowest BCUT2D eigenvalue weighted by molar-refractivity contribution is 0.272. The Bertz CT molecular complexity index is 699. The fourth-order valence-corrected chi connectivity index (χ4v) is 3.66. The van der Waals surface area contributed by atoms with Gasteiger partial charge in [-0.05, 0) is 47.5 Å². The van der Waals surface area contributed by atoms with E-state index in [-0.39, 0.29) is 5.04 Å². The van der Waals surface area contributed by atoms with E-state index in [1.165, 1.54) is 0 Å². The zero-order chi connectivity index (χ0) is 18.0. The summed E-state index contributed by atoms with van der Waals surface area (Å²) >= 11 is -1.08. The molecule has 130 valence electrons. The lowest BCUT2D eigenvalue weighted by Crippen LogP contribution is -2.40. The maximum atomic E-state index is 11.9. The third kappa shape index (κ3) is 4.45. The number of nitrogens with zero attached hydrogens (tertiary/aromatic N) is 2. The molecule has 1 atom stereocenters. The number of hydrogen-bond acceptors (Lipinski definition) is 4. The molecule has 0 fully saturated rings. The second-order valence-electron chi connectivity index (χ2n) is 7.37. The topological polar surface area (TPSA) is 58.1 Å². The van der Waals surface area contributed by atoms with E-state index < -0.39 is 19.5 Å². The van der Waals surface area contributed by atoms with Gasteiger partial charge in [-0.25, -0.2) is 9.97 Å². The molecule has 0 amide bonds. The molecule has 0 radical (unpaired) electrons. The highest BCUT2D eigenvalue weighted by Crippen LogP contribution is 2.37. The van der Waals surface area contributed by atoms with Gasteiger partial charge < -0.3 is 8.98 Å². The summed E-state index contributed by atoms with van der Waals surface area (Å²) in [7, 11) is -1.82. The van der Waals surface area contributed by atoms with Crippen LogP contribution in [0.5, 0.6) is 0 Å². The fourth-order valence-electron chi connectivity index (χ4n) is 1.98. The second kappa shape index (κ2) is 7.35. The maximum absolute atomic E-state index is 11.9. The highest BCUT2D eigenvalue weighted by atomic mass is 32.2. The van der Waals surface area contributed by atoms with Crippen molar-refractivity contribution in [2.45, 2.75) is 50.4 Å². The van der Waals surface area contributed by atoms with E-state index in [1.54, 1.807) is 12.5 Å². The van der Waals surface area contributed by atoms with Gasteiger partial charge in [0.1, 0.15) is 6.26 Å². The molecular formula is C18H26N2O2SSi. The Morgan fingerprint density at radius 1 is 1.17 bits per heavy atom. The first kappa shape index (κ1) is 19.1. The second-order valence-corrected chi connectivity index (χ2v) is 13.5. The molecule has 6 heteroatoms. The van der Waals surface area contributed by atoms with Gasteiger partial charge in [-0.1, -0.05) is 32.9 Å². The lowest BCUT2D eigenvalue weighted by Gasteiger charge is -2.36. The quantitative estimate of drug-likeness (QED) is 0.584. The van der Waals surface area contributed by atoms with Gasteiger partial charge in [0.25, 0.3) is 0 Å². The molecule has 1 heterocycles. The molecule has 0 saturated carbocycles. The summed E-state index contributed by atoms with van der Waals surface area (Å²) in [5.74, 6) is 0.595. The van der Waals surface area contributed by atoms with E-state index in [0.717, 1.165) is 16.2 Å². The van der Waals surface area contributed by atoms with Crippen molar-refractivity contribution in [3.05, 3.63) is 42.2 Å². The molecule has 0 bridgehead atoms. The summed E-state index contributed by atoms with van der Waals surface area (Å²) in [5, 5.41) is 0.161. The van der Waals surface area contributed by atoms with Crippen LogP contribution in [-0.4, -0.2) is 29.1 Å². The van der Waals surface area contributed by atoms with E-state index in [1.807, 2.05) is 30.3 Å². The maximum Gasteiger partial charge on any atom is 0.192 e. The van der Waals surface area contributed by atoms with E-state index in [0.29, 0.717) is 12.4 Å². The molecule has 0 N–H and O–H groups in total. The van der Waals surface area contributed by atoms with Crippen molar-refractivity contribution in [3.63, 3.8) is 0 Å². The first-order chi connectivity index (χ1) is 11.1. The number of hydrogen-bond donors (Lipinski definition) is 0. The highest BCUT2D eigenvalue weighted by Gasteiger charge is 2.37. The minimum atomic E-state index is -1.82. The molecule has 1 unspecified atom stereocenters. The Morgan fingerprint density at radius 2 is 1.83 bits per heavy atom. The third-order valence-corrected chi connectivity index (χ3v) is 9.99. The molecule has 2 aromatic rings.